The summed E-state index contributed by atoms with van der Waals surface area (Å²) in [6.07, 6.45) is 4.95. The highest BCUT2D eigenvalue weighted by atomic mass is 32.1. The first-order valence-corrected chi connectivity index (χ1v) is 11.6. The number of benzene rings is 1. The molecule has 8 heteroatoms. The molecule has 1 fully saturated rings. The Morgan fingerprint density at radius 2 is 1.90 bits per heavy atom. The smallest absolute Gasteiger partial charge is 0.271 e. The van der Waals surface area contributed by atoms with Crippen molar-refractivity contribution in [2.45, 2.75) is 26.2 Å². The second kappa shape index (κ2) is 9.40. The van der Waals surface area contributed by atoms with E-state index in [-0.39, 0.29) is 18.4 Å². The number of aromatic nitrogens is 1. The van der Waals surface area contributed by atoms with E-state index in [1.54, 1.807) is 6.20 Å². The fraction of sp³-hybridized carbons (Fsp3) is 0.318. The Kier molecular flexibility index (Phi) is 6.44. The molecule has 30 heavy (non-hydrogen) atoms. The summed E-state index contributed by atoms with van der Waals surface area (Å²) in [5.41, 5.74) is 0.999. The van der Waals surface area contributed by atoms with Crippen molar-refractivity contribution in [1.82, 2.24) is 9.88 Å². The number of hydrogen-bond donors (Lipinski definition) is 1. The minimum Gasteiger partial charge on any atom is -0.482 e. The number of thiazole rings is 1. The van der Waals surface area contributed by atoms with Crippen LogP contribution in [0.5, 0.6) is 5.75 Å². The largest absolute Gasteiger partial charge is 0.482 e. The molecule has 0 spiro atoms. The normalized spacial score (nSPS) is 13.8. The Morgan fingerprint density at radius 3 is 2.60 bits per heavy atom. The van der Waals surface area contributed by atoms with E-state index in [4.69, 9.17) is 4.74 Å². The van der Waals surface area contributed by atoms with Crippen LogP contribution in [0.2, 0.25) is 0 Å². The van der Waals surface area contributed by atoms with Gasteiger partial charge in [-0.2, -0.15) is 0 Å². The van der Waals surface area contributed by atoms with E-state index in [9.17, 15) is 9.59 Å². The van der Waals surface area contributed by atoms with Crippen molar-refractivity contribution in [3.8, 4) is 16.2 Å². The number of hydrogen-bond acceptors (Lipinski definition) is 6. The number of aryl methyl sites for hydroxylation is 1. The average Bonchev–Trinajstić information content (AvgIpc) is 3.39. The number of rotatable bonds is 6. The van der Waals surface area contributed by atoms with Crippen LogP contribution in [0.4, 0.5) is 5.13 Å². The number of thiophene rings is 1. The lowest BCUT2D eigenvalue weighted by molar-refractivity contribution is -0.134. The quantitative estimate of drug-likeness (QED) is 0.595. The summed E-state index contributed by atoms with van der Waals surface area (Å²) in [7, 11) is 0. The highest BCUT2D eigenvalue weighted by molar-refractivity contribution is 7.18. The molecule has 3 heterocycles. The van der Waals surface area contributed by atoms with Crippen molar-refractivity contribution in [2.24, 2.45) is 0 Å². The second-order valence-electron chi connectivity index (χ2n) is 7.13. The van der Waals surface area contributed by atoms with E-state index in [1.165, 1.54) is 22.7 Å². The Morgan fingerprint density at radius 1 is 1.13 bits per heavy atom. The first-order valence-electron chi connectivity index (χ1n) is 9.94. The molecule has 1 aromatic carbocycles. The van der Waals surface area contributed by atoms with Gasteiger partial charge in [0, 0.05) is 29.0 Å². The summed E-state index contributed by atoms with van der Waals surface area (Å²) in [5, 5.41) is 3.38. The summed E-state index contributed by atoms with van der Waals surface area (Å²) in [4.78, 5) is 33.9. The van der Waals surface area contributed by atoms with Gasteiger partial charge < -0.3 is 9.64 Å². The van der Waals surface area contributed by atoms with E-state index in [2.05, 4.69) is 10.3 Å². The van der Waals surface area contributed by atoms with E-state index >= 15 is 0 Å². The first kappa shape index (κ1) is 20.6. The molecule has 6 nitrogen and oxygen atoms in total. The molecule has 1 aliphatic rings. The van der Waals surface area contributed by atoms with Gasteiger partial charge in [-0.05, 0) is 37.8 Å². The number of anilines is 1. The lowest BCUT2D eigenvalue weighted by Gasteiger charge is -2.26. The lowest BCUT2D eigenvalue weighted by atomic mass is 10.1. The van der Waals surface area contributed by atoms with E-state index in [0.717, 1.165) is 47.7 Å². The standard InChI is InChI=1S/C22H23N3O3S2/c1-15-13-23-22(29-15)24-21(27)20-17(12-18(30-20)16-8-4-2-5-9-16)28-14-19(26)25-10-6-3-7-11-25/h2,4-5,8-9,12-13H,3,6-7,10-11,14H2,1H3,(H,23,24,27). The van der Waals surface area contributed by atoms with Crippen LogP contribution in [0.25, 0.3) is 10.4 Å². The number of carbonyl (C=O) groups is 2. The zero-order valence-corrected chi connectivity index (χ0v) is 18.4. The van der Waals surface area contributed by atoms with Crippen LogP contribution in [-0.4, -0.2) is 41.4 Å². The number of likely N-dealkylation sites (tertiary alicyclic amines) is 1. The maximum absolute atomic E-state index is 12.9. The SMILES string of the molecule is Cc1cnc(NC(=O)c2sc(-c3ccccc3)cc2OCC(=O)N2CCCCC2)s1. The second-order valence-corrected chi connectivity index (χ2v) is 9.42. The molecule has 0 bridgehead atoms. The van der Waals surface area contributed by atoms with Crippen LogP contribution in [0, 0.1) is 6.92 Å². The molecule has 4 rings (SSSR count). The van der Waals surface area contributed by atoms with Gasteiger partial charge in [-0.1, -0.05) is 30.3 Å². The van der Waals surface area contributed by atoms with Crippen molar-refractivity contribution < 1.29 is 14.3 Å². The molecular weight excluding hydrogens is 418 g/mol. The third kappa shape index (κ3) is 4.88. The van der Waals surface area contributed by atoms with Gasteiger partial charge >= 0.3 is 0 Å². The molecular formula is C22H23N3O3S2. The molecule has 0 atom stereocenters. The molecule has 1 saturated heterocycles. The minimum atomic E-state index is -0.281. The third-order valence-electron chi connectivity index (χ3n) is 4.86. The van der Waals surface area contributed by atoms with Crippen LogP contribution in [0.3, 0.4) is 0 Å². The monoisotopic (exact) mass is 441 g/mol. The Bertz CT molecular complexity index is 1020. The summed E-state index contributed by atoms with van der Waals surface area (Å²) < 4.78 is 5.86. The average molecular weight is 442 g/mol. The number of amides is 2. The van der Waals surface area contributed by atoms with Gasteiger partial charge in [0.25, 0.3) is 11.8 Å². The number of nitrogens with zero attached hydrogens (tertiary/aromatic N) is 2. The van der Waals surface area contributed by atoms with Crippen LogP contribution < -0.4 is 10.1 Å². The summed E-state index contributed by atoms with van der Waals surface area (Å²) in [6.45, 7) is 3.42. The molecule has 2 aromatic heterocycles. The van der Waals surface area contributed by atoms with Gasteiger partial charge in [0.15, 0.2) is 11.7 Å². The molecule has 0 aliphatic carbocycles. The molecule has 0 unspecified atom stereocenters. The third-order valence-corrected chi connectivity index (χ3v) is 6.86. The van der Waals surface area contributed by atoms with Gasteiger partial charge in [0.1, 0.15) is 10.6 Å². The van der Waals surface area contributed by atoms with Crippen molar-refractivity contribution in [2.75, 3.05) is 25.0 Å². The highest BCUT2D eigenvalue weighted by Crippen LogP contribution is 2.37. The van der Waals surface area contributed by atoms with Crippen LogP contribution >= 0.6 is 22.7 Å². The Labute approximate surface area is 183 Å². The number of carbonyl (C=O) groups excluding carboxylic acids is 2. The number of piperidine rings is 1. The Balaban J connectivity index is 1.54. The Hall–Kier alpha value is -2.71. The van der Waals surface area contributed by atoms with Crippen LogP contribution in [0.1, 0.15) is 33.8 Å². The molecule has 0 saturated carbocycles. The highest BCUT2D eigenvalue weighted by Gasteiger charge is 2.22. The molecule has 3 aromatic rings. The molecule has 1 aliphatic heterocycles. The van der Waals surface area contributed by atoms with E-state index in [1.807, 2.05) is 48.2 Å². The minimum absolute atomic E-state index is 0.0379. The molecule has 2 amide bonds. The van der Waals surface area contributed by atoms with Crippen LogP contribution in [-0.2, 0) is 4.79 Å². The fourth-order valence-corrected chi connectivity index (χ4v) is 4.99. The molecule has 1 N–H and O–H groups in total. The molecule has 156 valence electrons. The van der Waals surface area contributed by atoms with Crippen molar-refractivity contribution in [3.05, 3.63) is 52.3 Å². The summed E-state index contributed by atoms with van der Waals surface area (Å²) in [5.74, 6) is 0.107. The summed E-state index contributed by atoms with van der Waals surface area (Å²) >= 11 is 2.77. The van der Waals surface area contributed by atoms with Crippen molar-refractivity contribution >= 4 is 39.6 Å². The van der Waals surface area contributed by atoms with E-state index < -0.39 is 0 Å². The predicted octanol–water partition coefficient (Wildman–Crippen LogP) is 4.82. The van der Waals surface area contributed by atoms with Gasteiger partial charge in [0.05, 0.1) is 0 Å². The maximum Gasteiger partial charge on any atom is 0.271 e. The maximum atomic E-state index is 12.9. The van der Waals surface area contributed by atoms with Crippen molar-refractivity contribution in [1.29, 1.82) is 0 Å². The van der Waals surface area contributed by atoms with Gasteiger partial charge in [-0.15, -0.1) is 22.7 Å². The lowest BCUT2D eigenvalue weighted by Crippen LogP contribution is -2.38. The zero-order chi connectivity index (χ0) is 20.9. The number of nitrogens with one attached hydrogen (secondary N) is 1. The van der Waals surface area contributed by atoms with Gasteiger partial charge in [-0.3, -0.25) is 14.9 Å². The number of ether oxygens (including phenoxy) is 1. The first-order chi connectivity index (χ1) is 14.6. The van der Waals surface area contributed by atoms with Gasteiger partial charge in [-0.25, -0.2) is 4.98 Å². The summed E-state index contributed by atoms with van der Waals surface area (Å²) in [6, 6.07) is 11.7. The zero-order valence-electron chi connectivity index (χ0n) is 16.7. The molecule has 0 radical (unpaired) electrons. The van der Waals surface area contributed by atoms with Gasteiger partial charge in [0.2, 0.25) is 0 Å². The van der Waals surface area contributed by atoms with Crippen LogP contribution in [0.15, 0.2) is 42.6 Å². The fourth-order valence-electron chi connectivity index (χ4n) is 3.32. The van der Waals surface area contributed by atoms with E-state index in [0.29, 0.717) is 15.8 Å². The topological polar surface area (TPSA) is 71.5 Å². The van der Waals surface area contributed by atoms with Crippen molar-refractivity contribution in [3.63, 3.8) is 0 Å². The predicted molar refractivity (Wildman–Crippen MR) is 120 cm³/mol.